The summed E-state index contributed by atoms with van der Waals surface area (Å²) in [4.78, 5) is 0. The number of rotatable bonds is 1. The van der Waals surface area contributed by atoms with E-state index < -0.39 is 0 Å². The van der Waals surface area contributed by atoms with Crippen LogP contribution in [0.4, 0.5) is 0 Å². The lowest BCUT2D eigenvalue weighted by Gasteiger charge is -2.35. The van der Waals surface area contributed by atoms with Crippen LogP contribution in [0.1, 0.15) is 12.8 Å². The van der Waals surface area contributed by atoms with Crippen LogP contribution in [0, 0.1) is 16.5 Å². The van der Waals surface area contributed by atoms with Gasteiger partial charge in [-0.1, -0.05) is 0 Å². The molecule has 0 aromatic rings. The third kappa shape index (κ3) is 1.41. The summed E-state index contributed by atoms with van der Waals surface area (Å²) in [6.07, 6.45) is 1.98. The Balaban J connectivity index is 2.43. The second-order valence-electron chi connectivity index (χ2n) is 2.53. The first-order valence-electron chi connectivity index (χ1n) is 3.21. The van der Waals surface area contributed by atoms with Crippen molar-refractivity contribution in [3.8, 4) is 6.07 Å². The van der Waals surface area contributed by atoms with E-state index in [0.29, 0.717) is 13.1 Å². The highest BCUT2D eigenvalue weighted by molar-refractivity contribution is 4.71. The van der Waals surface area contributed by atoms with E-state index >= 15 is 0 Å². The number of likely N-dealkylation sites (tertiary alicyclic amines) is 1. The van der Waals surface area contributed by atoms with E-state index in [0.717, 1.165) is 12.8 Å². The van der Waals surface area contributed by atoms with Crippen molar-refractivity contribution in [2.45, 2.75) is 12.8 Å². The molecule has 0 aromatic carbocycles. The van der Waals surface area contributed by atoms with Crippen LogP contribution >= 0.6 is 0 Å². The summed E-state index contributed by atoms with van der Waals surface area (Å²) >= 11 is 0. The average molecular weight is 126 g/mol. The zero-order valence-electron chi connectivity index (χ0n) is 5.34. The maximum atomic E-state index is 11.2. The van der Waals surface area contributed by atoms with Crippen molar-refractivity contribution in [1.29, 1.82) is 5.26 Å². The fourth-order valence-electron chi connectivity index (χ4n) is 1.20. The first-order valence-corrected chi connectivity index (χ1v) is 3.21. The van der Waals surface area contributed by atoms with E-state index in [1.165, 1.54) is 0 Å². The summed E-state index contributed by atoms with van der Waals surface area (Å²) in [5.74, 6) is 0. The predicted molar refractivity (Wildman–Crippen MR) is 33.1 cm³/mol. The molecule has 0 N–H and O–H groups in total. The smallest absolute Gasteiger partial charge is 0.166 e. The van der Waals surface area contributed by atoms with Crippen molar-refractivity contribution in [2.75, 3.05) is 19.6 Å². The molecule has 1 saturated heterocycles. The monoisotopic (exact) mass is 126 g/mol. The second kappa shape index (κ2) is 2.34. The molecule has 50 valence electrons. The van der Waals surface area contributed by atoms with Gasteiger partial charge in [0, 0.05) is 12.8 Å². The minimum absolute atomic E-state index is 0.139. The van der Waals surface area contributed by atoms with Crippen LogP contribution in [-0.4, -0.2) is 24.3 Å². The van der Waals surface area contributed by atoms with E-state index in [9.17, 15) is 5.21 Å². The number of nitriles is 1. The van der Waals surface area contributed by atoms with Gasteiger partial charge in [0.15, 0.2) is 6.54 Å². The normalized spacial score (nSPS) is 23.6. The van der Waals surface area contributed by atoms with Crippen LogP contribution < -0.4 is 0 Å². The van der Waals surface area contributed by atoms with Gasteiger partial charge in [0.05, 0.1) is 13.1 Å². The molecular weight excluding hydrogens is 116 g/mol. The Morgan fingerprint density at radius 2 is 2.00 bits per heavy atom. The number of nitrogens with zero attached hydrogens (tertiary/aromatic N) is 2. The van der Waals surface area contributed by atoms with Gasteiger partial charge in [0.1, 0.15) is 6.07 Å². The lowest BCUT2D eigenvalue weighted by Crippen LogP contribution is -2.38. The largest absolute Gasteiger partial charge is 0.632 e. The molecule has 0 bridgehead atoms. The van der Waals surface area contributed by atoms with Crippen LogP contribution in [0.15, 0.2) is 0 Å². The van der Waals surface area contributed by atoms with E-state index in [2.05, 4.69) is 0 Å². The summed E-state index contributed by atoms with van der Waals surface area (Å²) < 4.78 is -0.267. The molecule has 9 heavy (non-hydrogen) atoms. The van der Waals surface area contributed by atoms with Gasteiger partial charge in [0.25, 0.3) is 0 Å². The third-order valence-corrected chi connectivity index (χ3v) is 1.74. The van der Waals surface area contributed by atoms with Crippen molar-refractivity contribution in [3.63, 3.8) is 0 Å². The molecule has 0 saturated carbocycles. The molecule has 1 aliphatic heterocycles. The van der Waals surface area contributed by atoms with Crippen molar-refractivity contribution in [2.24, 2.45) is 0 Å². The summed E-state index contributed by atoms with van der Waals surface area (Å²) in [7, 11) is 0. The minimum atomic E-state index is -0.267. The molecule has 3 heteroatoms. The van der Waals surface area contributed by atoms with Crippen LogP contribution in [0.5, 0.6) is 0 Å². The molecular formula is C6H10N2O. The van der Waals surface area contributed by atoms with E-state index in [4.69, 9.17) is 5.26 Å². The maximum absolute atomic E-state index is 11.2. The lowest BCUT2D eigenvalue weighted by molar-refractivity contribution is -0.860. The maximum Gasteiger partial charge on any atom is 0.166 e. The Morgan fingerprint density at radius 3 is 2.44 bits per heavy atom. The number of quaternary nitrogens is 1. The SMILES string of the molecule is N#CC[N+]1([O-])CCCC1. The van der Waals surface area contributed by atoms with Crippen molar-refractivity contribution < 1.29 is 4.65 Å². The minimum Gasteiger partial charge on any atom is -0.632 e. The van der Waals surface area contributed by atoms with Gasteiger partial charge in [-0.2, -0.15) is 5.26 Å². The Bertz CT molecular complexity index is 132. The molecule has 0 atom stereocenters. The van der Waals surface area contributed by atoms with Crippen LogP contribution in [0.2, 0.25) is 0 Å². The Labute approximate surface area is 54.7 Å². The first-order chi connectivity index (χ1) is 4.27. The van der Waals surface area contributed by atoms with Gasteiger partial charge in [-0.3, -0.25) is 0 Å². The molecule has 1 rings (SSSR count). The fraction of sp³-hybridized carbons (Fsp3) is 0.833. The van der Waals surface area contributed by atoms with Gasteiger partial charge >= 0.3 is 0 Å². The van der Waals surface area contributed by atoms with Crippen LogP contribution in [0.3, 0.4) is 0 Å². The Hall–Kier alpha value is -0.590. The van der Waals surface area contributed by atoms with E-state index in [-0.39, 0.29) is 11.2 Å². The Morgan fingerprint density at radius 1 is 1.44 bits per heavy atom. The highest BCUT2D eigenvalue weighted by Gasteiger charge is 2.21. The average Bonchev–Trinajstić information content (AvgIpc) is 2.16. The number of hydroxylamine groups is 3. The highest BCUT2D eigenvalue weighted by Crippen LogP contribution is 2.15. The molecule has 0 aromatic heterocycles. The third-order valence-electron chi connectivity index (χ3n) is 1.74. The molecule has 1 heterocycles. The van der Waals surface area contributed by atoms with Gasteiger partial charge in [0.2, 0.25) is 0 Å². The van der Waals surface area contributed by atoms with Crippen LogP contribution in [0.25, 0.3) is 0 Å². The molecule has 0 spiro atoms. The van der Waals surface area contributed by atoms with Crippen molar-refractivity contribution >= 4 is 0 Å². The molecule has 0 unspecified atom stereocenters. The highest BCUT2D eigenvalue weighted by atomic mass is 16.5. The quantitative estimate of drug-likeness (QED) is 0.294. The van der Waals surface area contributed by atoms with Crippen molar-refractivity contribution in [1.82, 2.24) is 0 Å². The van der Waals surface area contributed by atoms with Crippen molar-refractivity contribution in [3.05, 3.63) is 5.21 Å². The standard InChI is InChI=1S/C6H10N2O/c7-3-6-8(9)4-1-2-5-8/h1-2,4-6H2. The van der Waals surface area contributed by atoms with E-state index in [1.54, 1.807) is 0 Å². The summed E-state index contributed by atoms with van der Waals surface area (Å²) in [6.45, 7) is 1.43. The molecule has 0 aliphatic carbocycles. The van der Waals surface area contributed by atoms with Gasteiger partial charge in [-0.25, -0.2) is 0 Å². The van der Waals surface area contributed by atoms with Gasteiger partial charge in [-0.05, 0) is 0 Å². The lowest BCUT2D eigenvalue weighted by atomic mass is 10.4. The van der Waals surface area contributed by atoms with Gasteiger partial charge < -0.3 is 9.85 Å². The first kappa shape index (κ1) is 6.53. The molecule has 1 fully saturated rings. The summed E-state index contributed by atoms with van der Waals surface area (Å²) in [5, 5.41) is 19.4. The molecule has 0 amide bonds. The zero-order valence-corrected chi connectivity index (χ0v) is 5.34. The fourth-order valence-corrected chi connectivity index (χ4v) is 1.20. The number of hydrogen-bond donors (Lipinski definition) is 0. The van der Waals surface area contributed by atoms with Crippen LogP contribution in [-0.2, 0) is 0 Å². The summed E-state index contributed by atoms with van der Waals surface area (Å²) in [6, 6.07) is 1.91. The Kier molecular flexibility index (Phi) is 1.70. The molecule has 3 nitrogen and oxygen atoms in total. The van der Waals surface area contributed by atoms with Gasteiger partial charge in [-0.15, -0.1) is 0 Å². The predicted octanol–water partition coefficient (Wildman–Crippen LogP) is 0.618. The van der Waals surface area contributed by atoms with E-state index in [1.807, 2.05) is 6.07 Å². The zero-order chi connectivity index (χ0) is 6.74. The second-order valence-corrected chi connectivity index (χ2v) is 2.53. The molecule has 1 aliphatic rings. The molecule has 0 radical (unpaired) electrons. The summed E-state index contributed by atoms with van der Waals surface area (Å²) in [5.41, 5.74) is 0. The topological polar surface area (TPSA) is 46.8 Å². The number of hydrogen-bond acceptors (Lipinski definition) is 2.